The summed E-state index contributed by atoms with van der Waals surface area (Å²) in [5.41, 5.74) is 1.31. The molecule has 1 saturated heterocycles. The first kappa shape index (κ1) is 19.3. The molecule has 3 aromatic rings. The number of hydrogen-bond donors (Lipinski definition) is 2. The van der Waals surface area contributed by atoms with Gasteiger partial charge in [0.1, 0.15) is 29.5 Å². The zero-order valence-corrected chi connectivity index (χ0v) is 17.0. The SMILES string of the molecule is Fc1cc(OC2CCC2)c(Cl)cc1Nc1ncnc2ccc(O[C@H]3CCNC3)nc12. The lowest BCUT2D eigenvalue weighted by Crippen LogP contribution is -2.24. The molecular formula is C21H21ClFN5O2. The van der Waals surface area contributed by atoms with E-state index in [1.807, 2.05) is 6.07 Å². The average molecular weight is 430 g/mol. The predicted molar refractivity (Wildman–Crippen MR) is 112 cm³/mol. The fourth-order valence-electron chi connectivity index (χ4n) is 3.49. The van der Waals surface area contributed by atoms with Crippen LogP contribution in [0.15, 0.2) is 30.6 Å². The van der Waals surface area contributed by atoms with Crippen LogP contribution < -0.4 is 20.1 Å². The van der Waals surface area contributed by atoms with Crippen LogP contribution in [0.25, 0.3) is 11.0 Å². The lowest BCUT2D eigenvalue weighted by molar-refractivity contribution is 0.120. The van der Waals surface area contributed by atoms with Crippen LogP contribution >= 0.6 is 11.6 Å². The van der Waals surface area contributed by atoms with Gasteiger partial charge in [0.15, 0.2) is 5.82 Å². The second-order valence-corrected chi connectivity index (χ2v) is 7.94. The summed E-state index contributed by atoms with van der Waals surface area (Å²) in [5.74, 6) is 0.732. The van der Waals surface area contributed by atoms with Crippen LogP contribution in [0.3, 0.4) is 0 Å². The fourth-order valence-corrected chi connectivity index (χ4v) is 3.70. The minimum Gasteiger partial charge on any atom is -0.489 e. The summed E-state index contributed by atoms with van der Waals surface area (Å²) in [6, 6.07) is 6.40. The number of nitrogens with zero attached hydrogens (tertiary/aromatic N) is 3. The first-order valence-electron chi connectivity index (χ1n) is 10.1. The van der Waals surface area contributed by atoms with Gasteiger partial charge in [0, 0.05) is 18.7 Å². The molecular weight excluding hydrogens is 409 g/mol. The van der Waals surface area contributed by atoms with Crippen molar-refractivity contribution in [2.45, 2.75) is 37.9 Å². The molecule has 1 aliphatic carbocycles. The van der Waals surface area contributed by atoms with Crippen molar-refractivity contribution in [1.82, 2.24) is 20.3 Å². The van der Waals surface area contributed by atoms with E-state index in [4.69, 9.17) is 21.1 Å². The standard InChI is InChI=1S/C21H21ClFN5O2/c22-14-8-17(15(23)9-18(14)29-12-2-1-3-12)27-21-20-16(25-11-26-21)4-5-19(28-20)30-13-6-7-24-10-13/h4-5,8-9,11-13,24H,1-3,6-7,10H2,(H,25,26,27)/t13-/m0/s1. The Morgan fingerprint density at radius 3 is 2.77 bits per heavy atom. The van der Waals surface area contributed by atoms with E-state index in [2.05, 4.69) is 25.6 Å². The maximum atomic E-state index is 14.7. The molecule has 2 aliphatic rings. The number of aromatic nitrogens is 3. The Balaban J connectivity index is 1.42. The van der Waals surface area contributed by atoms with Crippen molar-refractivity contribution in [2.75, 3.05) is 18.4 Å². The van der Waals surface area contributed by atoms with E-state index >= 15 is 0 Å². The van der Waals surface area contributed by atoms with Gasteiger partial charge in [-0.1, -0.05) is 11.6 Å². The first-order chi connectivity index (χ1) is 14.7. The van der Waals surface area contributed by atoms with Crippen LogP contribution in [0.2, 0.25) is 5.02 Å². The molecule has 5 rings (SSSR count). The largest absolute Gasteiger partial charge is 0.489 e. The van der Waals surface area contributed by atoms with Crippen LogP contribution in [0, 0.1) is 5.82 Å². The molecule has 1 atom stereocenters. The Morgan fingerprint density at radius 1 is 1.10 bits per heavy atom. The summed E-state index contributed by atoms with van der Waals surface area (Å²) < 4.78 is 26.4. The lowest BCUT2D eigenvalue weighted by atomic mass is 9.96. The number of hydrogen-bond acceptors (Lipinski definition) is 7. The summed E-state index contributed by atoms with van der Waals surface area (Å²) in [6.45, 7) is 1.71. The zero-order valence-electron chi connectivity index (χ0n) is 16.2. The van der Waals surface area contributed by atoms with Gasteiger partial charge in [0.05, 0.1) is 22.3 Å². The van der Waals surface area contributed by atoms with Crippen molar-refractivity contribution < 1.29 is 13.9 Å². The van der Waals surface area contributed by atoms with E-state index in [1.165, 1.54) is 18.5 Å². The van der Waals surface area contributed by atoms with Gasteiger partial charge in [-0.15, -0.1) is 0 Å². The topological polar surface area (TPSA) is 81.2 Å². The molecule has 30 heavy (non-hydrogen) atoms. The van der Waals surface area contributed by atoms with Crippen molar-refractivity contribution in [2.24, 2.45) is 0 Å². The summed E-state index contributed by atoms with van der Waals surface area (Å²) in [7, 11) is 0. The highest BCUT2D eigenvalue weighted by atomic mass is 35.5. The molecule has 1 saturated carbocycles. The molecule has 0 amide bonds. The van der Waals surface area contributed by atoms with Crippen LogP contribution in [0.4, 0.5) is 15.9 Å². The lowest BCUT2D eigenvalue weighted by Gasteiger charge is -2.27. The third-order valence-electron chi connectivity index (χ3n) is 5.38. The number of ether oxygens (including phenoxy) is 2. The molecule has 1 aromatic carbocycles. The van der Waals surface area contributed by atoms with Crippen molar-refractivity contribution in [3.05, 3.63) is 41.4 Å². The van der Waals surface area contributed by atoms with E-state index in [0.29, 0.717) is 33.5 Å². The van der Waals surface area contributed by atoms with Gasteiger partial charge < -0.3 is 20.1 Å². The number of halogens is 2. The Hall–Kier alpha value is -2.71. The third-order valence-corrected chi connectivity index (χ3v) is 5.67. The molecule has 2 N–H and O–H groups in total. The number of anilines is 2. The number of rotatable bonds is 6. The normalized spacial score (nSPS) is 18.9. The molecule has 0 unspecified atom stereocenters. The van der Waals surface area contributed by atoms with Crippen LogP contribution in [0.5, 0.6) is 11.6 Å². The van der Waals surface area contributed by atoms with E-state index in [9.17, 15) is 4.39 Å². The summed E-state index contributed by atoms with van der Waals surface area (Å²) >= 11 is 6.33. The maximum absolute atomic E-state index is 14.7. The van der Waals surface area contributed by atoms with Crippen LogP contribution in [-0.4, -0.2) is 40.2 Å². The molecule has 0 bridgehead atoms. The quantitative estimate of drug-likeness (QED) is 0.606. The Kier molecular flexibility index (Phi) is 5.26. The first-order valence-corrected chi connectivity index (χ1v) is 10.5. The molecule has 7 nitrogen and oxygen atoms in total. The van der Waals surface area contributed by atoms with Crippen LogP contribution in [0.1, 0.15) is 25.7 Å². The number of nitrogens with one attached hydrogen (secondary N) is 2. The van der Waals surface area contributed by atoms with Crippen molar-refractivity contribution >= 4 is 34.1 Å². The second-order valence-electron chi connectivity index (χ2n) is 7.53. The van der Waals surface area contributed by atoms with Crippen molar-refractivity contribution in [1.29, 1.82) is 0 Å². The van der Waals surface area contributed by atoms with Gasteiger partial charge in [-0.25, -0.2) is 19.3 Å². The average Bonchev–Trinajstić information content (AvgIpc) is 3.21. The highest BCUT2D eigenvalue weighted by Gasteiger charge is 2.22. The monoisotopic (exact) mass is 429 g/mol. The van der Waals surface area contributed by atoms with E-state index in [0.717, 1.165) is 38.8 Å². The van der Waals surface area contributed by atoms with E-state index < -0.39 is 5.82 Å². The Bertz CT molecular complexity index is 1070. The molecule has 156 valence electrons. The smallest absolute Gasteiger partial charge is 0.214 e. The maximum Gasteiger partial charge on any atom is 0.214 e. The second kappa shape index (κ2) is 8.20. The van der Waals surface area contributed by atoms with Gasteiger partial charge in [0.25, 0.3) is 0 Å². The zero-order chi connectivity index (χ0) is 20.5. The van der Waals surface area contributed by atoms with Gasteiger partial charge >= 0.3 is 0 Å². The molecule has 2 aromatic heterocycles. The highest BCUT2D eigenvalue weighted by molar-refractivity contribution is 6.32. The summed E-state index contributed by atoms with van der Waals surface area (Å²) in [4.78, 5) is 13.0. The fraction of sp³-hybridized carbons (Fsp3) is 0.381. The number of benzene rings is 1. The third kappa shape index (κ3) is 3.97. The van der Waals surface area contributed by atoms with Crippen LogP contribution in [-0.2, 0) is 0 Å². The molecule has 3 heterocycles. The number of fused-ring (bicyclic) bond motifs is 1. The summed E-state index contributed by atoms with van der Waals surface area (Å²) in [6.07, 6.45) is 5.59. The number of pyridine rings is 1. The molecule has 1 aliphatic heterocycles. The molecule has 9 heteroatoms. The minimum absolute atomic E-state index is 0.0791. The van der Waals surface area contributed by atoms with Gasteiger partial charge in [0.2, 0.25) is 5.88 Å². The molecule has 0 radical (unpaired) electrons. The molecule has 0 spiro atoms. The van der Waals surface area contributed by atoms with Crippen molar-refractivity contribution in [3.63, 3.8) is 0 Å². The van der Waals surface area contributed by atoms with Gasteiger partial charge in [-0.2, -0.15) is 0 Å². The van der Waals surface area contributed by atoms with Gasteiger partial charge in [-0.3, -0.25) is 0 Å². The molecule has 2 fully saturated rings. The predicted octanol–water partition coefficient (Wildman–Crippen LogP) is 4.23. The highest BCUT2D eigenvalue weighted by Crippen LogP contribution is 2.35. The van der Waals surface area contributed by atoms with E-state index in [-0.39, 0.29) is 17.9 Å². The summed E-state index contributed by atoms with van der Waals surface area (Å²) in [5, 5.41) is 6.59. The Labute approximate surface area is 178 Å². The van der Waals surface area contributed by atoms with Gasteiger partial charge in [-0.05, 0) is 44.4 Å². The Morgan fingerprint density at radius 2 is 2.00 bits per heavy atom. The van der Waals surface area contributed by atoms with E-state index in [1.54, 1.807) is 6.07 Å². The van der Waals surface area contributed by atoms with Crippen molar-refractivity contribution in [3.8, 4) is 11.6 Å². The minimum atomic E-state index is -0.482.